The highest BCUT2D eigenvalue weighted by Crippen LogP contribution is 2.34. The third kappa shape index (κ3) is 3.66. The summed E-state index contributed by atoms with van der Waals surface area (Å²) < 4.78 is 18.8. The molecule has 0 saturated carbocycles. The SMILES string of the molecule is CN=C(NCC1(c2ccc(F)cc2)CCOCC1)N1CCCC1. The fourth-order valence-electron chi connectivity index (χ4n) is 3.64. The highest BCUT2D eigenvalue weighted by atomic mass is 19.1. The molecule has 1 N–H and O–H groups in total. The Bertz CT molecular complexity index is 532. The molecule has 23 heavy (non-hydrogen) atoms. The van der Waals surface area contributed by atoms with Crippen LogP contribution in [0.4, 0.5) is 4.39 Å². The zero-order valence-corrected chi connectivity index (χ0v) is 13.9. The van der Waals surface area contributed by atoms with E-state index in [1.807, 2.05) is 19.2 Å². The normalized spacial score (nSPS) is 21.5. The monoisotopic (exact) mass is 319 g/mol. The average Bonchev–Trinajstić information content (AvgIpc) is 3.11. The number of ether oxygens (including phenoxy) is 1. The van der Waals surface area contributed by atoms with Gasteiger partial charge in [-0.15, -0.1) is 0 Å². The summed E-state index contributed by atoms with van der Waals surface area (Å²) >= 11 is 0. The molecule has 0 bridgehead atoms. The van der Waals surface area contributed by atoms with Crippen LogP contribution in [0.25, 0.3) is 0 Å². The van der Waals surface area contributed by atoms with Gasteiger partial charge in [0.2, 0.25) is 0 Å². The minimum atomic E-state index is -0.184. The first-order chi connectivity index (χ1) is 11.2. The number of nitrogens with one attached hydrogen (secondary N) is 1. The molecule has 4 nitrogen and oxygen atoms in total. The zero-order chi connectivity index (χ0) is 16.1. The summed E-state index contributed by atoms with van der Waals surface area (Å²) in [4.78, 5) is 6.75. The maximum Gasteiger partial charge on any atom is 0.193 e. The first kappa shape index (κ1) is 16.2. The number of halogens is 1. The van der Waals surface area contributed by atoms with Crippen molar-refractivity contribution in [2.75, 3.05) is 39.9 Å². The molecule has 0 atom stereocenters. The molecule has 0 aromatic heterocycles. The van der Waals surface area contributed by atoms with E-state index in [-0.39, 0.29) is 11.2 Å². The molecule has 0 unspecified atom stereocenters. The number of hydrogen-bond donors (Lipinski definition) is 1. The van der Waals surface area contributed by atoms with Crippen molar-refractivity contribution in [3.63, 3.8) is 0 Å². The van der Waals surface area contributed by atoms with E-state index in [0.717, 1.165) is 51.6 Å². The smallest absolute Gasteiger partial charge is 0.193 e. The number of aliphatic imine (C=N–C) groups is 1. The third-order valence-corrected chi connectivity index (χ3v) is 5.11. The Labute approximate surface area is 137 Å². The van der Waals surface area contributed by atoms with Gasteiger partial charge in [0.1, 0.15) is 5.82 Å². The summed E-state index contributed by atoms with van der Waals surface area (Å²) in [6, 6.07) is 6.95. The van der Waals surface area contributed by atoms with Gasteiger partial charge in [0.25, 0.3) is 0 Å². The number of nitrogens with zero attached hydrogens (tertiary/aromatic N) is 2. The largest absolute Gasteiger partial charge is 0.381 e. The van der Waals surface area contributed by atoms with Crippen LogP contribution in [0.2, 0.25) is 0 Å². The third-order valence-electron chi connectivity index (χ3n) is 5.11. The Hall–Kier alpha value is -1.62. The zero-order valence-electron chi connectivity index (χ0n) is 13.9. The number of likely N-dealkylation sites (tertiary alicyclic amines) is 1. The van der Waals surface area contributed by atoms with E-state index in [1.54, 1.807) is 12.1 Å². The molecule has 0 radical (unpaired) electrons. The summed E-state index contributed by atoms with van der Waals surface area (Å²) in [5, 5.41) is 3.56. The number of benzene rings is 1. The van der Waals surface area contributed by atoms with E-state index < -0.39 is 0 Å². The van der Waals surface area contributed by atoms with Crippen LogP contribution < -0.4 is 5.32 Å². The van der Waals surface area contributed by atoms with Crippen molar-refractivity contribution in [2.24, 2.45) is 4.99 Å². The van der Waals surface area contributed by atoms with Crippen LogP contribution >= 0.6 is 0 Å². The van der Waals surface area contributed by atoms with Gasteiger partial charge < -0.3 is 15.0 Å². The van der Waals surface area contributed by atoms with E-state index in [0.29, 0.717) is 0 Å². The Morgan fingerprint density at radius 1 is 1.22 bits per heavy atom. The van der Waals surface area contributed by atoms with Gasteiger partial charge >= 0.3 is 0 Å². The molecular formula is C18H26FN3O. The van der Waals surface area contributed by atoms with Crippen molar-refractivity contribution >= 4 is 5.96 Å². The molecular weight excluding hydrogens is 293 g/mol. The van der Waals surface area contributed by atoms with Gasteiger partial charge in [-0.3, -0.25) is 4.99 Å². The van der Waals surface area contributed by atoms with Gasteiger partial charge in [0, 0.05) is 45.3 Å². The highest BCUT2D eigenvalue weighted by Gasteiger charge is 2.35. The van der Waals surface area contributed by atoms with E-state index in [1.165, 1.54) is 18.4 Å². The predicted octanol–water partition coefficient (Wildman–Crippen LogP) is 2.55. The maximum atomic E-state index is 13.3. The Morgan fingerprint density at radius 3 is 2.48 bits per heavy atom. The van der Waals surface area contributed by atoms with Crippen molar-refractivity contribution in [2.45, 2.75) is 31.1 Å². The minimum Gasteiger partial charge on any atom is -0.381 e. The number of guanidine groups is 1. The molecule has 2 aliphatic rings. The highest BCUT2D eigenvalue weighted by molar-refractivity contribution is 5.80. The molecule has 126 valence electrons. The topological polar surface area (TPSA) is 36.9 Å². The average molecular weight is 319 g/mol. The first-order valence-corrected chi connectivity index (χ1v) is 8.53. The lowest BCUT2D eigenvalue weighted by Crippen LogP contribution is -2.48. The van der Waals surface area contributed by atoms with Gasteiger partial charge in [-0.25, -0.2) is 4.39 Å². The van der Waals surface area contributed by atoms with Crippen LogP contribution in [-0.2, 0) is 10.2 Å². The molecule has 0 amide bonds. The van der Waals surface area contributed by atoms with Gasteiger partial charge in [-0.1, -0.05) is 12.1 Å². The van der Waals surface area contributed by atoms with Crippen molar-refractivity contribution in [3.8, 4) is 0 Å². The van der Waals surface area contributed by atoms with Crippen LogP contribution in [0.1, 0.15) is 31.2 Å². The second kappa shape index (κ2) is 7.30. The van der Waals surface area contributed by atoms with Crippen molar-refractivity contribution in [3.05, 3.63) is 35.6 Å². The summed E-state index contributed by atoms with van der Waals surface area (Å²) in [5.74, 6) is 0.798. The molecule has 5 heteroatoms. The second-order valence-corrected chi connectivity index (χ2v) is 6.49. The summed E-state index contributed by atoms with van der Waals surface area (Å²) in [7, 11) is 1.84. The lowest BCUT2D eigenvalue weighted by Gasteiger charge is -2.39. The van der Waals surface area contributed by atoms with Crippen LogP contribution in [0, 0.1) is 5.82 Å². The molecule has 0 aliphatic carbocycles. The van der Waals surface area contributed by atoms with Gasteiger partial charge in [0.05, 0.1) is 0 Å². The molecule has 2 aliphatic heterocycles. The molecule has 1 aromatic rings. The standard InChI is InChI=1S/C18H26FN3O/c1-20-17(22-10-2-3-11-22)21-14-18(8-12-23-13-9-18)15-4-6-16(19)7-5-15/h4-7H,2-3,8-14H2,1H3,(H,20,21). The van der Waals surface area contributed by atoms with Gasteiger partial charge in [-0.05, 0) is 43.4 Å². The Balaban J connectivity index is 1.75. The fourth-order valence-corrected chi connectivity index (χ4v) is 3.64. The quantitative estimate of drug-likeness (QED) is 0.687. The van der Waals surface area contributed by atoms with Crippen LogP contribution in [-0.4, -0.2) is 50.8 Å². The van der Waals surface area contributed by atoms with Gasteiger partial charge in [-0.2, -0.15) is 0 Å². The molecule has 2 heterocycles. The summed E-state index contributed by atoms with van der Waals surface area (Å²) in [5.41, 5.74) is 1.17. The fraction of sp³-hybridized carbons (Fsp3) is 0.611. The Morgan fingerprint density at radius 2 is 1.87 bits per heavy atom. The van der Waals surface area contributed by atoms with Crippen molar-refractivity contribution in [1.82, 2.24) is 10.2 Å². The maximum absolute atomic E-state index is 13.3. The van der Waals surface area contributed by atoms with E-state index >= 15 is 0 Å². The lowest BCUT2D eigenvalue weighted by atomic mass is 9.74. The van der Waals surface area contributed by atoms with Crippen molar-refractivity contribution < 1.29 is 9.13 Å². The minimum absolute atomic E-state index is 0.0123. The molecule has 2 fully saturated rings. The van der Waals surface area contributed by atoms with E-state index in [2.05, 4.69) is 15.2 Å². The van der Waals surface area contributed by atoms with Crippen LogP contribution in [0.15, 0.2) is 29.3 Å². The van der Waals surface area contributed by atoms with E-state index in [9.17, 15) is 4.39 Å². The van der Waals surface area contributed by atoms with Crippen molar-refractivity contribution in [1.29, 1.82) is 0 Å². The number of rotatable bonds is 3. The van der Waals surface area contributed by atoms with Crippen LogP contribution in [0.5, 0.6) is 0 Å². The molecule has 3 rings (SSSR count). The van der Waals surface area contributed by atoms with E-state index in [4.69, 9.17) is 4.74 Å². The molecule has 2 saturated heterocycles. The second-order valence-electron chi connectivity index (χ2n) is 6.49. The Kier molecular flexibility index (Phi) is 5.16. The predicted molar refractivity (Wildman–Crippen MR) is 90.3 cm³/mol. The van der Waals surface area contributed by atoms with Gasteiger partial charge in [0.15, 0.2) is 5.96 Å². The lowest BCUT2D eigenvalue weighted by molar-refractivity contribution is 0.0512. The van der Waals surface area contributed by atoms with Crippen LogP contribution in [0.3, 0.4) is 0 Å². The summed E-state index contributed by atoms with van der Waals surface area (Å²) in [6.45, 7) is 4.46. The number of hydrogen-bond acceptors (Lipinski definition) is 2. The summed E-state index contributed by atoms with van der Waals surface area (Å²) in [6.07, 6.45) is 4.36. The molecule has 0 spiro atoms. The first-order valence-electron chi connectivity index (χ1n) is 8.53. The molecule has 1 aromatic carbocycles.